The van der Waals surface area contributed by atoms with Gasteiger partial charge in [-0.2, -0.15) is 0 Å². The summed E-state index contributed by atoms with van der Waals surface area (Å²) in [5.41, 5.74) is -2.70. The van der Waals surface area contributed by atoms with Gasteiger partial charge in [0.15, 0.2) is 11.5 Å². The first-order valence-electron chi connectivity index (χ1n) is 14.0. The predicted molar refractivity (Wildman–Crippen MR) is 150 cm³/mol. The molecule has 0 radical (unpaired) electrons. The van der Waals surface area contributed by atoms with E-state index in [-0.39, 0.29) is 42.6 Å². The fraction of sp³-hybridized carbons (Fsp3) is 0.667. The molecule has 2 N–H and O–H groups in total. The highest BCUT2D eigenvalue weighted by molar-refractivity contribution is 5.81. The topological polar surface area (TPSA) is 137 Å². The van der Waals surface area contributed by atoms with Crippen LogP contribution in [0.3, 0.4) is 0 Å². The Bertz CT molecular complexity index is 1020. The van der Waals surface area contributed by atoms with E-state index in [4.69, 9.17) is 18.9 Å². The molecule has 0 aromatic heterocycles. The molecule has 10 nitrogen and oxygen atoms in total. The number of ether oxygens (including phenoxy) is 4. The SMILES string of the molecule is CCC(C)CC(=O)Oc1ccc(C[C@](NC(C)C)(OC(=O)OC(C)(C)CC)C(=O)O)cc1OC(=O)CC(C)CC. The van der Waals surface area contributed by atoms with E-state index >= 15 is 0 Å². The first kappa shape index (κ1) is 34.9. The summed E-state index contributed by atoms with van der Waals surface area (Å²) >= 11 is 0. The van der Waals surface area contributed by atoms with Crippen LogP contribution in [0.5, 0.6) is 11.5 Å². The van der Waals surface area contributed by atoms with Crippen LogP contribution in [-0.4, -0.2) is 46.5 Å². The molecule has 0 fully saturated rings. The van der Waals surface area contributed by atoms with Crippen molar-refractivity contribution in [2.75, 3.05) is 0 Å². The smallest absolute Gasteiger partial charge is 0.477 e. The quantitative estimate of drug-likeness (QED) is 0.139. The molecular formula is C30H47NO9. The monoisotopic (exact) mass is 565 g/mol. The maximum absolute atomic E-state index is 12.7. The van der Waals surface area contributed by atoms with E-state index in [9.17, 15) is 24.3 Å². The number of carbonyl (C=O) groups is 4. The van der Waals surface area contributed by atoms with Crippen molar-refractivity contribution in [2.24, 2.45) is 11.8 Å². The van der Waals surface area contributed by atoms with Crippen LogP contribution in [0.1, 0.15) is 100.0 Å². The fourth-order valence-electron chi connectivity index (χ4n) is 3.53. The van der Waals surface area contributed by atoms with Gasteiger partial charge in [0, 0.05) is 25.3 Å². The second-order valence-corrected chi connectivity index (χ2v) is 11.3. The molecule has 0 saturated heterocycles. The number of carboxylic acid groups (broad SMARTS) is 1. The van der Waals surface area contributed by atoms with Gasteiger partial charge in [-0.1, -0.05) is 53.5 Å². The minimum atomic E-state index is -2.19. The van der Waals surface area contributed by atoms with Gasteiger partial charge in [-0.15, -0.1) is 0 Å². The molecule has 2 unspecified atom stereocenters. The van der Waals surface area contributed by atoms with Gasteiger partial charge in [-0.3, -0.25) is 14.9 Å². The Morgan fingerprint density at radius 3 is 1.82 bits per heavy atom. The lowest BCUT2D eigenvalue weighted by molar-refractivity contribution is -0.169. The molecule has 0 saturated carbocycles. The summed E-state index contributed by atoms with van der Waals surface area (Å²) in [6.07, 6.45) is 0.916. The standard InChI is InChI=1S/C30H47NO9/c1-10-20(6)15-25(32)37-23-14-13-22(17-24(23)38-26(33)16-21(7)11-2)18-30(27(34)35,31-19(4)5)40-28(36)39-29(8,9)12-3/h13-14,17,19-21,31H,10-12,15-16,18H2,1-9H3,(H,34,35)/t20?,21?,30-/m0/s1. The van der Waals surface area contributed by atoms with Gasteiger partial charge in [0.2, 0.25) is 0 Å². The van der Waals surface area contributed by atoms with Crippen LogP contribution in [0.15, 0.2) is 18.2 Å². The molecule has 1 rings (SSSR count). The zero-order chi connectivity index (χ0) is 30.7. The van der Waals surface area contributed by atoms with Gasteiger partial charge < -0.3 is 24.1 Å². The molecule has 10 heteroatoms. The number of hydrogen-bond donors (Lipinski definition) is 2. The number of rotatable bonds is 16. The number of hydrogen-bond acceptors (Lipinski definition) is 9. The van der Waals surface area contributed by atoms with Crippen molar-refractivity contribution in [2.45, 2.75) is 118 Å². The van der Waals surface area contributed by atoms with Gasteiger partial charge in [0.25, 0.3) is 5.72 Å². The van der Waals surface area contributed by atoms with Gasteiger partial charge in [0.05, 0.1) is 0 Å². The second-order valence-electron chi connectivity index (χ2n) is 11.3. The van der Waals surface area contributed by atoms with Crippen LogP contribution in [0.4, 0.5) is 4.79 Å². The maximum atomic E-state index is 12.7. The average Bonchev–Trinajstić information content (AvgIpc) is 2.84. The summed E-state index contributed by atoms with van der Waals surface area (Å²) in [5, 5.41) is 13.0. The number of nitrogens with one attached hydrogen (secondary N) is 1. The molecule has 1 aromatic carbocycles. The minimum absolute atomic E-state index is 0.0261. The Labute approximate surface area is 238 Å². The lowest BCUT2D eigenvalue weighted by Crippen LogP contribution is -2.59. The Hall–Kier alpha value is -3.14. The molecule has 0 aliphatic heterocycles. The number of esters is 2. The normalized spacial score (nSPS) is 14.6. The number of carboxylic acids is 1. The molecule has 40 heavy (non-hydrogen) atoms. The molecule has 0 aliphatic rings. The van der Waals surface area contributed by atoms with Crippen molar-refractivity contribution >= 4 is 24.1 Å². The van der Waals surface area contributed by atoms with E-state index in [1.54, 1.807) is 27.7 Å². The average molecular weight is 566 g/mol. The van der Waals surface area contributed by atoms with Crippen LogP contribution < -0.4 is 14.8 Å². The van der Waals surface area contributed by atoms with Gasteiger partial charge in [-0.25, -0.2) is 9.59 Å². The van der Waals surface area contributed by atoms with E-state index in [1.165, 1.54) is 18.2 Å². The van der Waals surface area contributed by atoms with Crippen LogP contribution in [-0.2, 0) is 30.3 Å². The van der Waals surface area contributed by atoms with Crippen molar-refractivity contribution in [1.82, 2.24) is 5.32 Å². The Kier molecular flexibility index (Phi) is 13.6. The van der Waals surface area contributed by atoms with Crippen molar-refractivity contribution < 1.29 is 43.2 Å². The third kappa shape index (κ3) is 11.5. The molecule has 0 amide bonds. The second kappa shape index (κ2) is 15.6. The highest BCUT2D eigenvalue weighted by atomic mass is 16.8. The zero-order valence-electron chi connectivity index (χ0n) is 25.4. The number of aliphatic carboxylic acids is 1. The first-order valence-corrected chi connectivity index (χ1v) is 14.0. The van der Waals surface area contributed by atoms with Gasteiger partial charge in [-0.05, 0) is 63.6 Å². The van der Waals surface area contributed by atoms with Crippen molar-refractivity contribution in [3.63, 3.8) is 0 Å². The Balaban J connectivity index is 3.45. The summed E-state index contributed by atoms with van der Waals surface area (Å²) in [4.78, 5) is 50.4. The van der Waals surface area contributed by atoms with Gasteiger partial charge >= 0.3 is 24.1 Å². The molecule has 226 valence electrons. The van der Waals surface area contributed by atoms with E-state index in [2.05, 4.69) is 5.32 Å². The third-order valence-corrected chi connectivity index (χ3v) is 6.67. The minimum Gasteiger partial charge on any atom is -0.477 e. The molecule has 3 atom stereocenters. The molecule has 0 aliphatic carbocycles. The summed E-state index contributed by atoms with van der Waals surface area (Å²) in [7, 11) is 0. The van der Waals surface area contributed by atoms with Crippen LogP contribution >= 0.6 is 0 Å². The molecular weight excluding hydrogens is 518 g/mol. The maximum Gasteiger partial charge on any atom is 0.511 e. The third-order valence-electron chi connectivity index (χ3n) is 6.67. The van der Waals surface area contributed by atoms with E-state index in [0.29, 0.717) is 12.0 Å². The Morgan fingerprint density at radius 2 is 1.38 bits per heavy atom. The summed E-state index contributed by atoms with van der Waals surface area (Å²) in [5.74, 6) is -2.24. The van der Waals surface area contributed by atoms with Crippen molar-refractivity contribution in [1.29, 1.82) is 0 Å². The molecule has 1 aromatic rings. The van der Waals surface area contributed by atoms with Crippen molar-refractivity contribution in [3.05, 3.63) is 23.8 Å². The summed E-state index contributed by atoms with van der Waals surface area (Å²) in [6, 6.07) is 4.00. The zero-order valence-corrected chi connectivity index (χ0v) is 25.4. The van der Waals surface area contributed by atoms with E-state index in [1.807, 2.05) is 34.6 Å². The highest BCUT2D eigenvalue weighted by Gasteiger charge is 2.45. The first-order chi connectivity index (χ1) is 18.6. The largest absolute Gasteiger partial charge is 0.511 e. The van der Waals surface area contributed by atoms with Crippen LogP contribution in [0, 0.1) is 11.8 Å². The number of carbonyl (C=O) groups excluding carboxylic acids is 3. The van der Waals surface area contributed by atoms with E-state index in [0.717, 1.165) is 12.8 Å². The van der Waals surface area contributed by atoms with Crippen LogP contribution in [0.25, 0.3) is 0 Å². The summed E-state index contributed by atoms with van der Waals surface area (Å²) < 4.78 is 21.9. The van der Waals surface area contributed by atoms with Crippen LogP contribution in [0.2, 0.25) is 0 Å². The highest BCUT2D eigenvalue weighted by Crippen LogP contribution is 2.32. The van der Waals surface area contributed by atoms with E-state index < -0.39 is 41.4 Å². The molecule has 0 spiro atoms. The van der Waals surface area contributed by atoms with Crippen molar-refractivity contribution in [3.8, 4) is 11.5 Å². The lowest BCUT2D eigenvalue weighted by atomic mass is 10.0. The fourth-order valence-corrected chi connectivity index (χ4v) is 3.53. The Morgan fingerprint density at radius 1 is 0.850 bits per heavy atom. The predicted octanol–water partition coefficient (Wildman–Crippen LogP) is 6.03. The molecule has 0 heterocycles. The number of benzene rings is 1. The van der Waals surface area contributed by atoms with Gasteiger partial charge in [0.1, 0.15) is 5.60 Å². The molecule has 0 bridgehead atoms. The lowest BCUT2D eigenvalue weighted by Gasteiger charge is -2.33. The summed E-state index contributed by atoms with van der Waals surface area (Å²) in [6.45, 7) is 16.4.